The number of nitrogens with one attached hydrogen (secondary N) is 1. The minimum atomic E-state index is 0.195. The predicted molar refractivity (Wildman–Crippen MR) is 75.8 cm³/mol. The van der Waals surface area contributed by atoms with E-state index in [0.717, 1.165) is 26.1 Å². The molecule has 0 saturated carbocycles. The molecule has 1 heterocycles. The molecule has 0 amide bonds. The molecule has 0 atom stereocenters. The summed E-state index contributed by atoms with van der Waals surface area (Å²) < 4.78 is 0. The quantitative estimate of drug-likeness (QED) is 0.754. The third-order valence-corrected chi connectivity index (χ3v) is 3.32. The second-order valence-corrected chi connectivity index (χ2v) is 4.77. The summed E-state index contributed by atoms with van der Waals surface area (Å²) in [5.41, 5.74) is 4.01. The molecule has 18 heavy (non-hydrogen) atoms. The lowest BCUT2D eigenvalue weighted by Gasteiger charge is -2.22. The van der Waals surface area contributed by atoms with Gasteiger partial charge in [0.15, 0.2) is 0 Å². The number of nitrogens with zero attached hydrogens (tertiary/aromatic N) is 1. The molecule has 1 aromatic carbocycles. The van der Waals surface area contributed by atoms with Crippen molar-refractivity contribution in [1.29, 1.82) is 0 Å². The van der Waals surface area contributed by atoms with Gasteiger partial charge >= 0.3 is 0 Å². The lowest BCUT2D eigenvalue weighted by atomic mass is 10.0. The van der Waals surface area contributed by atoms with Crippen molar-refractivity contribution in [3.8, 4) is 0 Å². The summed E-state index contributed by atoms with van der Waals surface area (Å²) in [4.78, 5) is 2.20. The van der Waals surface area contributed by atoms with Crippen LogP contribution in [0.15, 0.2) is 30.9 Å². The second-order valence-electron chi connectivity index (χ2n) is 4.77. The Balaban J connectivity index is 2.05. The van der Waals surface area contributed by atoms with E-state index in [9.17, 15) is 0 Å². The van der Waals surface area contributed by atoms with Gasteiger partial charge in [-0.25, -0.2) is 0 Å². The molecule has 0 fully saturated rings. The highest BCUT2D eigenvalue weighted by atomic mass is 16.3. The van der Waals surface area contributed by atoms with Gasteiger partial charge in [-0.15, -0.1) is 6.58 Å². The zero-order valence-electron chi connectivity index (χ0n) is 10.9. The fourth-order valence-corrected chi connectivity index (χ4v) is 2.44. The third-order valence-electron chi connectivity index (χ3n) is 3.32. The lowest BCUT2D eigenvalue weighted by Crippen LogP contribution is -2.26. The van der Waals surface area contributed by atoms with E-state index in [-0.39, 0.29) is 6.61 Å². The maximum Gasteiger partial charge on any atom is 0.0558 e. The first-order chi connectivity index (χ1) is 8.83. The molecule has 0 aliphatic carbocycles. The fourth-order valence-electron chi connectivity index (χ4n) is 2.44. The summed E-state index contributed by atoms with van der Waals surface area (Å²) in [6.07, 6.45) is 4.26. The third kappa shape index (κ3) is 3.34. The van der Waals surface area contributed by atoms with Crippen molar-refractivity contribution in [3.05, 3.63) is 42.0 Å². The van der Waals surface area contributed by atoms with Gasteiger partial charge in [-0.1, -0.05) is 18.2 Å². The lowest BCUT2D eigenvalue weighted by molar-refractivity contribution is 0.203. The van der Waals surface area contributed by atoms with Crippen molar-refractivity contribution in [2.24, 2.45) is 0 Å². The van der Waals surface area contributed by atoms with Crippen LogP contribution >= 0.6 is 0 Å². The van der Waals surface area contributed by atoms with E-state index < -0.39 is 0 Å². The van der Waals surface area contributed by atoms with Gasteiger partial charge in [0.1, 0.15) is 0 Å². The molecule has 3 nitrogen and oxygen atoms in total. The molecule has 3 heteroatoms. The number of aliphatic hydroxyl groups is 1. The SMILES string of the molecule is C=CCN(CCO)Cc1ccc2c(c1)CCCN2. The van der Waals surface area contributed by atoms with Gasteiger partial charge in [0.05, 0.1) is 6.61 Å². The summed E-state index contributed by atoms with van der Waals surface area (Å²) >= 11 is 0. The van der Waals surface area contributed by atoms with Crippen molar-refractivity contribution in [3.63, 3.8) is 0 Å². The first-order valence-corrected chi connectivity index (χ1v) is 6.63. The van der Waals surface area contributed by atoms with Crippen molar-refractivity contribution < 1.29 is 5.11 Å². The van der Waals surface area contributed by atoms with Crippen LogP contribution in [0.3, 0.4) is 0 Å². The highest BCUT2D eigenvalue weighted by molar-refractivity contribution is 5.54. The Bertz CT molecular complexity index is 403. The Labute approximate surface area is 109 Å². The van der Waals surface area contributed by atoms with E-state index in [0.29, 0.717) is 6.54 Å². The van der Waals surface area contributed by atoms with Gasteiger partial charge in [-0.05, 0) is 30.0 Å². The van der Waals surface area contributed by atoms with Crippen LogP contribution in [0.5, 0.6) is 0 Å². The standard InChI is InChI=1S/C15H22N2O/c1-2-8-17(9-10-18)12-13-5-6-15-14(11-13)4-3-7-16-15/h2,5-6,11,16,18H,1,3-4,7-10,12H2. The van der Waals surface area contributed by atoms with Crippen LogP contribution in [0.2, 0.25) is 0 Å². The molecule has 1 aliphatic rings. The summed E-state index contributed by atoms with van der Waals surface area (Å²) in [5, 5.41) is 12.5. The fraction of sp³-hybridized carbons (Fsp3) is 0.467. The Morgan fingerprint density at radius 1 is 1.44 bits per heavy atom. The number of benzene rings is 1. The predicted octanol–water partition coefficient (Wildman–Crippen LogP) is 2.02. The Hall–Kier alpha value is -1.32. The van der Waals surface area contributed by atoms with Gasteiger partial charge in [0.2, 0.25) is 0 Å². The van der Waals surface area contributed by atoms with Gasteiger partial charge in [0.25, 0.3) is 0 Å². The summed E-state index contributed by atoms with van der Waals surface area (Å²) in [6.45, 7) is 7.42. The van der Waals surface area contributed by atoms with E-state index in [1.54, 1.807) is 0 Å². The Kier molecular flexibility index (Phi) is 4.79. The zero-order valence-corrected chi connectivity index (χ0v) is 10.9. The van der Waals surface area contributed by atoms with E-state index >= 15 is 0 Å². The van der Waals surface area contributed by atoms with Gasteiger partial charge in [-0.2, -0.15) is 0 Å². The number of hydrogen-bond donors (Lipinski definition) is 2. The first-order valence-electron chi connectivity index (χ1n) is 6.63. The monoisotopic (exact) mass is 246 g/mol. The van der Waals surface area contributed by atoms with Gasteiger partial charge in [-0.3, -0.25) is 4.90 Å². The first kappa shape index (κ1) is 13.1. The summed E-state index contributed by atoms with van der Waals surface area (Å²) in [7, 11) is 0. The normalized spacial score (nSPS) is 14.1. The van der Waals surface area contributed by atoms with Crippen LogP contribution in [-0.2, 0) is 13.0 Å². The van der Waals surface area contributed by atoms with Gasteiger partial charge in [0, 0.05) is 31.9 Å². The van der Waals surface area contributed by atoms with Gasteiger partial charge < -0.3 is 10.4 Å². The molecule has 0 bridgehead atoms. The number of anilines is 1. The van der Waals surface area contributed by atoms with Crippen LogP contribution in [0.25, 0.3) is 0 Å². The average Bonchev–Trinajstić information content (AvgIpc) is 2.39. The van der Waals surface area contributed by atoms with E-state index in [4.69, 9.17) is 5.11 Å². The number of fused-ring (bicyclic) bond motifs is 1. The molecule has 0 spiro atoms. The van der Waals surface area contributed by atoms with Crippen molar-refractivity contribution in [2.75, 3.05) is 31.6 Å². The Morgan fingerprint density at radius 3 is 3.11 bits per heavy atom. The molecule has 0 aromatic heterocycles. The minimum Gasteiger partial charge on any atom is -0.395 e. The molecular weight excluding hydrogens is 224 g/mol. The smallest absolute Gasteiger partial charge is 0.0558 e. The number of aryl methyl sites for hydroxylation is 1. The van der Waals surface area contributed by atoms with Crippen molar-refractivity contribution in [2.45, 2.75) is 19.4 Å². The summed E-state index contributed by atoms with van der Waals surface area (Å²) in [5.74, 6) is 0. The van der Waals surface area contributed by atoms with Crippen LogP contribution in [0.1, 0.15) is 17.5 Å². The van der Waals surface area contributed by atoms with Crippen LogP contribution in [-0.4, -0.2) is 36.2 Å². The molecule has 0 unspecified atom stereocenters. The average molecular weight is 246 g/mol. The van der Waals surface area contributed by atoms with E-state index in [1.807, 2.05) is 6.08 Å². The minimum absolute atomic E-state index is 0.195. The number of aliphatic hydroxyl groups excluding tert-OH is 1. The molecular formula is C15H22N2O. The topological polar surface area (TPSA) is 35.5 Å². The second kappa shape index (κ2) is 6.57. The largest absolute Gasteiger partial charge is 0.395 e. The highest BCUT2D eigenvalue weighted by Gasteiger charge is 2.10. The molecule has 0 saturated heterocycles. The van der Waals surface area contributed by atoms with E-state index in [1.165, 1.54) is 23.2 Å². The van der Waals surface area contributed by atoms with Crippen molar-refractivity contribution in [1.82, 2.24) is 4.90 Å². The summed E-state index contributed by atoms with van der Waals surface area (Å²) in [6, 6.07) is 6.63. The van der Waals surface area contributed by atoms with Crippen LogP contribution < -0.4 is 5.32 Å². The van der Waals surface area contributed by atoms with Crippen LogP contribution in [0.4, 0.5) is 5.69 Å². The molecule has 1 aliphatic heterocycles. The maximum atomic E-state index is 9.05. The zero-order chi connectivity index (χ0) is 12.8. The molecule has 0 radical (unpaired) electrons. The molecule has 2 N–H and O–H groups in total. The maximum absolute atomic E-state index is 9.05. The molecule has 98 valence electrons. The number of hydrogen-bond acceptors (Lipinski definition) is 3. The van der Waals surface area contributed by atoms with Crippen molar-refractivity contribution >= 4 is 5.69 Å². The molecule has 1 aromatic rings. The van der Waals surface area contributed by atoms with E-state index in [2.05, 4.69) is 35.0 Å². The highest BCUT2D eigenvalue weighted by Crippen LogP contribution is 2.23. The number of rotatable bonds is 6. The molecule has 2 rings (SSSR count). The Morgan fingerprint density at radius 2 is 2.33 bits per heavy atom. The van der Waals surface area contributed by atoms with Crippen LogP contribution in [0, 0.1) is 0 Å².